The Balaban J connectivity index is 0.00000256. The second-order valence-electron chi connectivity index (χ2n) is 5.16. The third-order valence-corrected chi connectivity index (χ3v) is 2.31. The zero-order valence-electron chi connectivity index (χ0n) is 10.6. The molecule has 3 N–H and O–H groups in total. The molecule has 6 heteroatoms. The van der Waals surface area contributed by atoms with E-state index in [9.17, 15) is 9.59 Å². The first-order valence-corrected chi connectivity index (χ1v) is 5.70. The Morgan fingerprint density at radius 2 is 2.00 bits per heavy atom. The van der Waals surface area contributed by atoms with Gasteiger partial charge >= 0.3 is 0 Å². The molecule has 0 aromatic carbocycles. The first kappa shape index (κ1) is 16.2. The van der Waals surface area contributed by atoms with E-state index in [4.69, 9.17) is 0 Å². The van der Waals surface area contributed by atoms with Crippen LogP contribution in [0.15, 0.2) is 0 Å². The fourth-order valence-electron chi connectivity index (χ4n) is 1.66. The lowest BCUT2D eigenvalue weighted by atomic mass is 10.1. The van der Waals surface area contributed by atoms with E-state index in [2.05, 4.69) is 16.0 Å². The third-order valence-electron chi connectivity index (χ3n) is 2.31. The van der Waals surface area contributed by atoms with Crippen molar-refractivity contribution in [2.45, 2.75) is 45.2 Å². The van der Waals surface area contributed by atoms with Crippen molar-refractivity contribution in [3.63, 3.8) is 0 Å². The summed E-state index contributed by atoms with van der Waals surface area (Å²) in [6, 6.07) is -0.123. The molecule has 1 fully saturated rings. The Hall–Kier alpha value is -0.810. The number of hydrogen-bond donors (Lipinski definition) is 3. The molecule has 1 atom stereocenters. The van der Waals surface area contributed by atoms with Gasteiger partial charge in [-0.2, -0.15) is 0 Å². The van der Waals surface area contributed by atoms with E-state index in [0.29, 0.717) is 0 Å². The molecule has 0 aromatic rings. The van der Waals surface area contributed by atoms with Crippen LogP contribution in [0.4, 0.5) is 0 Å². The van der Waals surface area contributed by atoms with Crippen LogP contribution in [0.5, 0.6) is 0 Å². The summed E-state index contributed by atoms with van der Waals surface area (Å²) in [5.41, 5.74) is -0.257. The second kappa shape index (κ2) is 6.81. The van der Waals surface area contributed by atoms with Gasteiger partial charge in [-0.25, -0.2) is 0 Å². The zero-order chi connectivity index (χ0) is 12.2. The number of amides is 2. The van der Waals surface area contributed by atoms with Gasteiger partial charge in [0.15, 0.2) is 0 Å². The van der Waals surface area contributed by atoms with Crippen molar-refractivity contribution in [2.75, 3.05) is 13.1 Å². The lowest BCUT2D eigenvalue weighted by Gasteiger charge is -2.20. The predicted octanol–water partition coefficient (Wildman–Crippen LogP) is 0.191. The molecule has 1 heterocycles. The van der Waals surface area contributed by atoms with Crippen LogP contribution >= 0.6 is 12.4 Å². The Morgan fingerprint density at radius 3 is 2.47 bits per heavy atom. The van der Waals surface area contributed by atoms with E-state index in [1.165, 1.54) is 0 Å². The molecule has 0 saturated carbocycles. The quantitative estimate of drug-likeness (QED) is 0.681. The minimum Gasteiger partial charge on any atom is -0.350 e. The van der Waals surface area contributed by atoms with Gasteiger partial charge in [0.2, 0.25) is 11.8 Å². The van der Waals surface area contributed by atoms with Crippen molar-refractivity contribution in [3.05, 3.63) is 0 Å². The van der Waals surface area contributed by atoms with E-state index in [1.54, 1.807) is 0 Å². The highest BCUT2D eigenvalue weighted by molar-refractivity contribution is 5.87. The maximum absolute atomic E-state index is 11.6. The molecule has 5 nitrogen and oxygen atoms in total. The predicted molar refractivity (Wildman–Crippen MR) is 69.2 cm³/mol. The molecule has 1 aliphatic heterocycles. The monoisotopic (exact) mass is 263 g/mol. The van der Waals surface area contributed by atoms with Crippen molar-refractivity contribution in [2.24, 2.45) is 0 Å². The van der Waals surface area contributed by atoms with Crippen LogP contribution < -0.4 is 16.0 Å². The number of rotatable bonds is 3. The molecule has 0 unspecified atom stereocenters. The maximum atomic E-state index is 11.6. The molecule has 1 saturated heterocycles. The Labute approximate surface area is 109 Å². The van der Waals surface area contributed by atoms with Crippen molar-refractivity contribution in [1.29, 1.82) is 0 Å². The summed E-state index contributed by atoms with van der Waals surface area (Å²) in [7, 11) is 0. The Bertz CT molecular complexity index is 270. The van der Waals surface area contributed by atoms with Gasteiger partial charge in [0.1, 0.15) is 0 Å². The van der Waals surface area contributed by atoms with Gasteiger partial charge < -0.3 is 16.0 Å². The van der Waals surface area contributed by atoms with Gasteiger partial charge in [0.05, 0.1) is 12.6 Å². The standard InChI is InChI=1S/C11H21N3O2.ClH/c1-11(2,3)14-9(15)7-13-10(16)8-5-4-6-12-8;/h8,12H,4-7H2,1-3H3,(H,13,16)(H,14,15);1H/t8-;/m0./s1. The van der Waals surface area contributed by atoms with Crippen molar-refractivity contribution >= 4 is 24.2 Å². The maximum Gasteiger partial charge on any atom is 0.239 e. The average Bonchev–Trinajstić information content (AvgIpc) is 2.64. The summed E-state index contributed by atoms with van der Waals surface area (Å²) >= 11 is 0. The molecule has 1 aliphatic rings. The molecule has 0 spiro atoms. The molecule has 17 heavy (non-hydrogen) atoms. The van der Waals surface area contributed by atoms with Gasteiger partial charge in [-0.3, -0.25) is 9.59 Å². The van der Waals surface area contributed by atoms with Crippen LogP contribution in [0, 0.1) is 0 Å². The Kier molecular flexibility index (Phi) is 6.49. The molecule has 0 radical (unpaired) electrons. The Morgan fingerprint density at radius 1 is 1.35 bits per heavy atom. The summed E-state index contributed by atoms with van der Waals surface area (Å²) in [6.07, 6.45) is 1.87. The number of carbonyl (C=O) groups excluding carboxylic acids is 2. The first-order valence-electron chi connectivity index (χ1n) is 5.70. The summed E-state index contributed by atoms with van der Waals surface area (Å²) in [5, 5.41) is 8.51. The molecule has 2 amide bonds. The van der Waals surface area contributed by atoms with Gasteiger partial charge in [0.25, 0.3) is 0 Å². The van der Waals surface area contributed by atoms with Crippen LogP contribution in [-0.2, 0) is 9.59 Å². The lowest BCUT2D eigenvalue weighted by molar-refractivity contribution is -0.127. The fourth-order valence-corrected chi connectivity index (χ4v) is 1.66. The van der Waals surface area contributed by atoms with Gasteiger partial charge in [0, 0.05) is 5.54 Å². The molecule has 0 bridgehead atoms. The molecular formula is C11H22ClN3O2. The summed E-state index contributed by atoms with van der Waals surface area (Å²) in [4.78, 5) is 23.0. The van der Waals surface area contributed by atoms with E-state index < -0.39 is 0 Å². The van der Waals surface area contributed by atoms with Gasteiger partial charge in [-0.1, -0.05) is 0 Å². The first-order chi connectivity index (χ1) is 7.38. The summed E-state index contributed by atoms with van der Waals surface area (Å²) in [5.74, 6) is -0.236. The fraction of sp³-hybridized carbons (Fsp3) is 0.818. The van der Waals surface area contributed by atoms with Crippen LogP contribution in [-0.4, -0.2) is 36.5 Å². The van der Waals surface area contributed by atoms with Crippen LogP contribution in [0.2, 0.25) is 0 Å². The molecule has 100 valence electrons. The van der Waals surface area contributed by atoms with Crippen molar-refractivity contribution < 1.29 is 9.59 Å². The van der Waals surface area contributed by atoms with E-state index in [0.717, 1.165) is 19.4 Å². The highest BCUT2D eigenvalue weighted by Crippen LogP contribution is 2.04. The topological polar surface area (TPSA) is 70.2 Å². The summed E-state index contributed by atoms with van der Waals surface area (Å²) < 4.78 is 0. The summed E-state index contributed by atoms with van der Waals surface area (Å²) in [6.45, 7) is 6.66. The lowest BCUT2D eigenvalue weighted by Crippen LogP contribution is -2.48. The highest BCUT2D eigenvalue weighted by Gasteiger charge is 2.22. The minimum absolute atomic E-state index is 0. The number of carbonyl (C=O) groups is 2. The third kappa shape index (κ3) is 6.48. The van der Waals surface area contributed by atoms with E-state index in [-0.39, 0.29) is 42.3 Å². The van der Waals surface area contributed by atoms with Crippen molar-refractivity contribution in [3.8, 4) is 0 Å². The van der Waals surface area contributed by atoms with E-state index >= 15 is 0 Å². The van der Waals surface area contributed by atoms with Crippen LogP contribution in [0.25, 0.3) is 0 Å². The average molecular weight is 264 g/mol. The number of hydrogen-bond acceptors (Lipinski definition) is 3. The minimum atomic E-state index is -0.257. The second-order valence-corrected chi connectivity index (χ2v) is 5.16. The highest BCUT2D eigenvalue weighted by atomic mass is 35.5. The number of nitrogens with one attached hydrogen (secondary N) is 3. The molecule has 0 aromatic heterocycles. The van der Waals surface area contributed by atoms with Crippen molar-refractivity contribution in [1.82, 2.24) is 16.0 Å². The molecule has 0 aliphatic carbocycles. The SMILES string of the molecule is CC(C)(C)NC(=O)CNC(=O)[C@@H]1CCCN1.Cl. The van der Waals surface area contributed by atoms with Gasteiger partial charge in [-0.05, 0) is 40.2 Å². The zero-order valence-corrected chi connectivity index (χ0v) is 11.4. The van der Waals surface area contributed by atoms with Crippen LogP contribution in [0.1, 0.15) is 33.6 Å². The number of halogens is 1. The smallest absolute Gasteiger partial charge is 0.239 e. The van der Waals surface area contributed by atoms with Gasteiger partial charge in [-0.15, -0.1) is 12.4 Å². The molecular weight excluding hydrogens is 242 g/mol. The van der Waals surface area contributed by atoms with Crippen LogP contribution in [0.3, 0.4) is 0 Å². The van der Waals surface area contributed by atoms with E-state index in [1.807, 2.05) is 20.8 Å². The largest absolute Gasteiger partial charge is 0.350 e. The molecule has 1 rings (SSSR count). The normalized spacial score (nSPS) is 19.4.